The predicted molar refractivity (Wildman–Crippen MR) is 133 cm³/mol. The Morgan fingerprint density at radius 1 is 0.882 bits per heavy atom. The zero-order chi connectivity index (χ0) is 24.1. The lowest BCUT2D eigenvalue weighted by Crippen LogP contribution is -2.45. The Hall–Kier alpha value is -3.35. The predicted octanol–water partition coefficient (Wildman–Crippen LogP) is 4.87. The van der Waals surface area contributed by atoms with E-state index < -0.39 is 17.9 Å². The van der Waals surface area contributed by atoms with E-state index in [2.05, 4.69) is 16.0 Å². The maximum Gasteiger partial charge on any atom is 0.253 e. The van der Waals surface area contributed by atoms with Crippen LogP contribution in [0.25, 0.3) is 0 Å². The molecule has 1 atom stereocenters. The molecule has 1 saturated carbocycles. The van der Waals surface area contributed by atoms with Crippen LogP contribution < -0.4 is 16.0 Å². The molecule has 0 aliphatic heterocycles. The molecule has 8 heteroatoms. The van der Waals surface area contributed by atoms with Crippen LogP contribution >= 0.6 is 23.2 Å². The van der Waals surface area contributed by atoms with Crippen molar-refractivity contribution in [2.45, 2.75) is 31.3 Å². The van der Waals surface area contributed by atoms with Crippen LogP contribution in [0.3, 0.4) is 0 Å². The summed E-state index contributed by atoms with van der Waals surface area (Å²) in [5.41, 5.74) is 2.06. The molecule has 0 heterocycles. The second-order valence-corrected chi connectivity index (χ2v) is 9.00. The Bertz CT molecular complexity index is 1200. The van der Waals surface area contributed by atoms with Crippen LogP contribution in [0, 0.1) is 0 Å². The van der Waals surface area contributed by atoms with Crippen molar-refractivity contribution in [2.24, 2.45) is 0 Å². The fourth-order valence-corrected chi connectivity index (χ4v) is 3.79. The van der Waals surface area contributed by atoms with Crippen molar-refractivity contribution in [3.8, 4) is 0 Å². The van der Waals surface area contributed by atoms with Gasteiger partial charge in [-0.05, 0) is 60.9 Å². The van der Waals surface area contributed by atoms with Gasteiger partial charge in [-0.2, -0.15) is 0 Å². The minimum atomic E-state index is -0.845. The molecule has 174 valence electrons. The Kier molecular flexibility index (Phi) is 7.50. The molecule has 1 aliphatic rings. The topological polar surface area (TPSA) is 87.3 Å². The van der Waals surface area contributed by atoms with Gasteiger partial charge >= 0.3 is 0 Å². The number of carbonyl (C=O) groups excluding carboxylic acids is 3. The van der Waals surface area contributed by atoms with E-state index in [1.54, 1.807) is 36.4 Å². The molecule has 0 saturated heterocycles. The van der Waals surface area contributed by atoms with Crippen molar-refractivity contribution in [3.63, 3.8) is 0 Å². The summed E-state index contributed by atoms with van der Waals surface area (Å²) in [7, 11) is 0. The van der Waals surface area contributed by atoms with Crippen molar-refractivity contribution in [1.29, 1.82) is 0 Å². The van der Waals surface area contributed by atoms with Crippen molar-refractivity contribution in [2.75, 3.05) is 5.32 Å². The number of carbonyl (C=O) groups is 3. The fourth-order valence-electron chi connectivity index (χ4n) is 3.40. The summed E-state index contributed by atoms with van der Waals surface area (Å²) in [6.45, 7) is 0. The number of anilines is 1. The van der Waals surface area contributed by atoms with Crippen LogP contribution in [-0.4, -0.2) is 29.8 Å². The van der Waals surface area contributed by atoms with Gasteiger partial charge in [0.1, 0.15) is 6.04 Å². The van der Waals surface area contributed by atoms with Crippen LogP contribution in [0.5, 0.6) is 0 Å². The Morgan fingerprint density at radius 2 is 1.59 bits per heavy atom. The molecule has 0 radical (unpaired) electrons. The third-order valence-electron chi connectivity index (χ3n) is 5.40. The molecule has 1 unspecified atom stereocenters. The minimum absolute atomic E-state index is 0.214. The monoisotopic (exact) mass is 495 g/mol. The number of hydrogen-bond donors (Lipinski definition) is 3. The summed E-state index contributed by atoms with van der Waals surface area (Å²) in [5, 5.41) is 9.24. The Morgan fingerprint density at radius 3 is 2.24 bits per heavy atom. The van der Waals surface area contributed by atoms with E-state index in [1.165, 1.54) is 6.07 Å². The van der Waals surface area contributed by atoms with Gasteiger partial charge in [-0.15, -0.1) is 0 Å². The maximum atomic E-state index is 13.2. The maximum absolute atomic E-state index is 13.2. The molecule has 6 nitrogen and oxygen atoms in total. The number of benzene rings is 3. The number of rotatable bonds is 8. The molecule has 3 N–H and O–H groups in total. The highest BCUT2D eigenvalue weighted by molar-refractivity contribution is 6.34. The first-order valence-electron chi connectivity index (χ1n) is 10.9. The molecule has 1 fully saturated rings. The van der Waals surface area contributed by atoms with Crippen molar-refractivity contribution >= 4 is 46.6 Å². The molecule has 1 aliphatic carbocycles. The molecule has 0 bridgehead atoms. The SMILES string of the molecule is O=C(NC(Cc1ccccc1)C(=O)Nc1ccc(C(=O)NC2CC2)c(Cl)c1)c1ccc(Cl)cc1. The number of amides is 3. The van der Waals surface area contributed by atoms with Crippen molar-refractivity contribution < 1.29 is 14.4 Å². The second kappa shape index (κ2) is 10.7. The Balaban J connectivity index is 1.49. The van der Waals surface area contributed by atoms with E-state index in [4.69, 9.17) is 23.2 Å². The third-order valence-corrected chi connectivity index (χ3v) is 5.97. The van der Waals surface area contributed by atoms with E-state index in [0.29, 0.717) is 28.3 Å². The van der Waals surface area contributed by atoms with Crippen LogP contribution in [0.4, 0.5) is 5.69 Å². The van der Waals surface area contributed by atoms with E-state index >= 15 is 0 Å². The van der Waals surface area contributed by atoms with Gasteiger partial charge in [0.2, 0.25) is 5.91 Å². The molecular weight excluding hydrogens is 473 g/mol. The smallest absolute Gasteiger partial charge is 0.253 e. The van der Waals surface area contributed by atoms with Gasteiger partial charge in [0.15, 0.2) is 0 Å². The second-order valence-electron chi connectivity index (χ2n) is 8.15. The normalized spacial score (nSPS) is 13.6. The van der Waals surface area contributed by atoms with Gasteiger partial charge < -0.3 is 16.0 Å². The molecule has 4 rings (SSSR count). The largest absolute Gasteiger partial charge is 0.349 e. The minimum Gasteiger partial charge on any atom is -0.349 e. The summed E-state index contributed by atoms with van der Waals surface area (Å²) < 4.78 is 0. The third kappa shape index (κ3) is 6.37. The van der Waals surface area contributed by atoms with Gasteiger partial charge in [-0.3, -0.25) is 14.4 Å². The first-order chi connectivity index (χ1) is 16.4. The first-order valence-corrected chi connectivity index (χ1v) is 11.7. The van der Waals surface area contributed by atoms with Crippen molar-refractivity contribution in [1.82, 2.24) is 10.6 Å². The molecule has 3 aromatic rings. The van der Waals surface area contributed by atoms with Crippen LogP contribution in [-0.2, 0) is 11.2 Å². The molecule has 3 amide bonds. The first kappa shape index (κ1) is 23.8. The van der Waals surface area contributed by atoms with E-state index in [-0.39, 0.29) is 17.0 Å². The van der Waals surface area contributed by atoms with Crippen molar-refractivity contribution in [3.05, 3.63) is 99.5 Å². The zero-order valence-corrected chi connectivity index (χ0v) is 19.7. The molecular formula is C26H23Cl2N3O3. The average molecular weight is 496 g/mol. The van der Waals surface area contributed by atoms with Crippen LogP contribution in [0.2, 0.25) is 10.0 Å². The molecule has 34 heavy (non-hydrogen) atoms. The van der Waals surface area contributed by atoms with Gasteiger partial charge in [0, 0.05) is 28.7 Å². The standard InChI is InChI=1S/C26H23Cl2N3O3/c27-18-8-6-17(7-9-18)24(32)31-23(14-16-4-2-1-3-5-16)26(34)30-20-12-13-21(22(28)15-20)25(33)29-19-10-11-19/h1-9,12-13,15,19,23H,10-11,14H2,(H,29,33)(H,30,34)(H,31,32). The average Bonchev–Trinajstić information content (AvgIpc) is 3.63. The fraction of sp³-hybridized carbons (Fsp3) is 0.192. The van der Waals surface area contributed by atoms with E-state index in [0.717, 1.165) is 18.4 Å². The highest BCUT2D eigenvalue weighted by Gasteiger charge is 2.25. The molecule has 0 aromatic heterocycles. The van der Waals surface area contributed by atoms with Gasteiger partial charge in [-0.1, -0.05) is 53.5 Å². The van der Waals surface area contributed by atoms with E-state index in [1.807, 2.05) is 30.3 Å². The van der Waals surface area contributed by atoms with Gasteiger partial charge in [-0.25, -0.2) is 0 Å². The highest BCUT2D eigenvalue weighted by Crippen LogP contribution is 2.24. The van der Waals surface area contributed by atoms with Gasteiger partial charge in [0.25, 0.3) is 11.8 Å². The molecule has 3 aromatic carbocycles. The summed E-state index contributed by atoms with van der Waals surface area (Å²) in [5.74, 6) is -1.03. The quantitative estimate of drug-likeness (QED) is 0.416. The lowest BCUT2D eigenvalue weighted by atomic mass is 10.0. The lowest BCUT2D eigenvalue weighted by Gasteiger charge is -2.19. The van der Waals surface area contributed by atoms with Gasteiger partial charge in [0.05, 0.1) is 10.6 Å². The molecule has 0 spiro atoms. The summed E-state index contributed by atoms with van der Waals surface area (Å²) in [6, 6.07) is 19.9. The van der Waals surface area contributed by atoms with E-state index in [9.17, 15) is 14.4 Å². The summed E-state index contributed by atoms with van der Waals surface area (Å²) >= 11 is 12.2. The number of hydrogen-bond acceptors (Lipinski definition) is 3. The number of nitrogens with one attached hydrogen (secondary N) is 3. The summed E-state index contributed by atoms with van der Waals surface area (Å²) in [6.07, 6.45) is 2.24. The number of halogens is 2. The zero-order valence-electron chi connectivity index (χ0n) is 18.2. The van der Waals surface area contributed by atoms with Crippen LogP contribution in [0.15, 0.2) is 72.8 Å². The highest BCUT2D eigenvalue weighted by atomic mass is 35.5. The van der Waals surface area contributed by atoms with Crippen LogP contribution in [0.1, 0.15) is 39.1 Å². The Labute approximate surface area is 207 Å². The lowest BCUT2D eigenvalue weighted by molar-refractivity contribution is -0.118. The summed E-state index contributed by atoms with van der Waals surface area (Å²) in [4.78, 5) is 38.2.